The number of aromatic amines is 1. The van der Waals surface area contributed by atoms with E-state index < -0.39 is 0 Å². The van der Waals surface area contributed by atoms with Crippen LogP contribution in [0.2, 0.25) is 0 Å². The predicted molar refractivity (Wildman–Crippen MR) is 78.2 cm³/mol. The number of anilines is 1. The summed E-state index contributed by atoms with van der Waals surface area (Å²) in [5, 5.41) is 12.0. The lowest BCUT2D eigenvalue weighted by Crippen LogP contribution is -2.15. The van der Waals surface area contributed by atoms with Gasteiger partial charge in [-0.3, -0.25) is 0 Å². The van der Waals surface area contributed by atoms with Crippen molar-refractivity contribution in [1.29, 1.82) is 5.26 Å². The van der Waals surface area contributed by atoms with Crippen LogP contribution in [-0.2, 0) is 6.42 Å². The van der Waals surface area contributed by atoms with E-state index in [0.717, 1.165) is 22.5 Å². The first-order valence-corrected chi connectivity index (χ1v) is 7.01. The van der Waals surface area contributed by atoms with Crippen LogP contribution in [0, 0.1) is 11.3 Å². The Hall–Kier alpha value is -2.35. The SMILES string of the molecule is N#C/C=C/Cc1c[nH]c2ncc(NC3CCCC3)nc12. The van der Waals surface area contributed by atoms with E-state index in [1.807, 2.05) is 18.3 Å². The molecule has 1 fully saturated rings. The molecule has 1 aliphatic rings. The fourth-order valence-electron chi connectivity index (χ4n) is 2.69. The highest BCUT2D eigenvalue weighted by atomic mass is 15.1. The zero-order valence-corrected chi connectivity index (χ0v) is 11.3. The number of hydrogen-bond donors (Lipinski definition) is 2. The molecule has 0 radical (unpaired) electrons. The average molecular weight is 267 g/mol. The summed E-state index contributed by atoms with van der Waals surface area (Å²) in [7, 11) is 0. The average Bonchev–Trinajstić information content (AvgIpc) is 3.09. The first kappa shape index (κ1) is 12.7. The number of rotatable bonds is 4. The van der Waals surface area contributed by atoms with Crippen molar-refractivity contribution in [3.63, 3.8) is 0 Å². The first-order chi connectivity index (χ1) is 9.86. The number of nitriles is 1. The van der Waals surface area contributed by atoms with Crippen molar-refractivity contribution in [2.75, 3.05) is 5.32 Å². The second-order valence-electron chi connectivity index (χ2n) is 5.13. The van der Waals surface area contributed by atoms with Gasteiger partial charge in [-0.05, 0) is 19.3 Å². The van der Waals surface area contributed by atoms with Crippen molar-refractivity contribution in [2.45, 2.75) is 38.1 Å². The molecule has 1 saturated carbocycles. The molecule has 2 aromatic heterocycles. The van der Waals surface area contributed by atoms with E-state index in [9.17, 15) is 0 Å². The molecule has 5 heteroatoms. The topological polar surface area (TPSA) is 77.4 Å². The summed E-state index contributed by atoms with van der Waals surface area (Å²) in [5.41, 5.74) is 2.74. The van der Waals surface area contributed by atoms with E-state index in [-0.39, 0.29) is 0 Å². The van der Waals surface area contributed by atoms with Gasteiger partial charge in [0.1, 0.15) is 11.3 Å². The van der Waals surface area contributed by atoms with Crippen molar-refractivity contribution < 1.29 is 0 Å². The van der Waals surface area contributed by atoms with Crippen LogP contribution in [-0.4, -0.2) is 21.0 Å². The fraction of sp³-hybridized carbons (Fsp3) is 0.400. The van der Waals surface area contributed by atoms with Gasteiger partial charge >= 0.3 is 0 Å². The first-order valence-electron chi connectivity index (χ1n) is 7.01. The molecule has 0 unspecified atom stereocenters. The lowest BCUT2D eigenvalue weighted by atomic mass is 10.2. The van der Waals surface area contributed by atoms with Crippen molar-refractivity contribution in [2.24, 2.45) is 0 Å². The van der Waals surface area contributed by atoms with E-state index in [1.165, 1.54) is 31.8 Å². The molecule has 2 aromatic rings. The molecule has 2 heterocycles. The Balaban J connectivity index is 1.82. The molecule has 0 amide bonds. The Kier molecular flexibility index (Phi) is 3.64. The van der Waals surface area contributed by atoms with Gasteiger partial charge in [0, 0.05) is 23.9 Å². The molecule has 2 N–H and O–H groups in total. The fourth-order valence-corrected chi connectivity index (χ4v) is 2.69. The molecular formula is C15H17N5. The Bertz CT molecular complexity index is 658. The summed E-state index contributed by atoms with van der Waals surface area (Å²) < 4.78 is 0. The molecule has 20 heavy (non-hydrogen) atoms. The number of hydrogen-bond acceptors (Lipinski definition) is 4. The Morgan fingerprint density at radius 3 is 3.10 bits per heavy atom. The normalized spacial score (nSPS) is 15.9. The second-order valence-corrected chi connectivity index (χ2v) is 5.13. The van der Waals surface area contributed by atoms with Gasteiger partial charge < -0.3 is 10.3 Å². The van der Waals surface area contributed by atoms with Gasteiger partial charge in [0.05, 0.1) is 12.3 Å². The van der Waals surface area contributed by atoms with Gasteiger partial charge in [-0.15, -0.1) is 0 Å². The van der Waals surface area contributed by atoms with Crippen LogP contribution in [0.25, 0.3) is 11.2 Å². The smallest absolute Gasteiger partial charge is 0.156 e. The number of allylic oxidation sites excluding steroid dienone is 2. The van der Waals surface area contributed by atoms with Gasteiger partial charge in [0.15, 0.2) is 5.65 Å². The maximum atomic E-state index is 8.53. The highest BCUT2D eigenvalue weighted by molar-refractivity contribution is 5.76. The third-order valence-corrected chi connectivity index (χ3v) is 3.70. The highest BCUT2D eigenvalue weighted by Gasteiger charge is 2.15. The standard InChI is InChI=1S/C15H17N5/c16-8-4-3-5-11-9-17-15-14(11)20-13(10-18-15)19-12-6-1-2-7-12/h3-4,9-10,12H,1-2,5-7H2,(H,17,18)(H,19,20)/b4-3+. The minimum atomic E-state index is 0.530. The maximum Gasteiger partial charge on any atom is 0.156 e. The Morgan fingerprint density at radius 1 is 1.45 bits per heavy atom. The van der Waals surface area contributed by atoms with Crippen LogP contribution in [0.15, 0.2) is 24.5 Å². The van der Waals surface area contributed by atoms with E-state index in [1.54, 1.807) is 6.20 Å². The third kappa shape index (κ3) is 2.64. The predicted octanol–water partition coefficient (Wildman–Crippen LogP) is 2.93. The number of aromatic nitrogens is 3. The molecule has 5 nitrogen and oxygen atoms in total. The number of nitrogens with zero attached hydrogens (tertiary/aromatic N) is 3. The largest absolute Gasteiger partial charge is 0.366 e. The molecule has 3 rings (SSSR count). The van der Waals surface area contributed by atoms with Crippen molar-refractivity contribution in [1.82, 2.24) is 15.0 Å². The summed E-state index contributed by atoms with van der Waals surface area (Å²) in [4.78, 5) is 12.2. The van der Waals surface area contributed by atoms with E-state index in [4.69, 9.17) is 5.26 Å². The molecule has 1 aliphatic carbocycles. The zero-order valence-electron chi connectivity index (χ0n) is 11.3. The van der Waals surface area contributed by atoms with Crippen molar-refractivity contribution in [3.8, 4) is 6.07 Å². The monoisotopic (exact) mass is 267 g/mol. The van der Waals surface area contributed by atoms with Gasteiger partial charge in [-0.2, -0.15) is 5.26 Å². The highest BCUT2D eigenvalue weighted by Crippen LogP contribution is 2.23. The quantitative estimate of drug-likeness (QED) is 0.835. The van der Waals surface area contributed by atoms with Crippen LogP contribution in [0.4, 0.5) is 5.82 Å². The third-order valence-electron chi connectivity index (χ3n) is 3.70. The molecule has 102 valence electrons. The van der Waals surface area contributed by atoms with Gasteiger partial charge in [0.25, 0.3) is 0 Å². The molecule has 0 aliphatic heterocycles. The lowest BCUT2D eigenvalue weighted by molar-refractivity contribution is 0.750. The number of fused-ring (bicyclic) bond motifs is 1. The van der Waals surface area contributed by atoms with Crippen molar-refractivity contribution in [3.05, 3.63) is 30.1 Å². The van der Waals surface area contributed by atoms with Crippen LogP contribution < -0.4 is 5.32 Å². The van der Waals surface area contributed by atoms with Gasteiger partial charge in [-0.1, -0.05) is 18.9 Å². The van der Waals surface area contributed by atoms with Crippen LogP contribution >= 0.6 is 0 Å². The minimum Gasteiger partial charge on any atom is -0.366 e. The Labute approximate surface area is 117 Å². The summed E-state index contributed by atoms with van der Waals surface area (Å²) in [5.74, 6) is 0.842. The van der Waals surface area contributed by atoms with Gasteiger partial charge in [-0.25, -0.2) is 9.97 Å². The number of H-pyrrole nitrogens is 1. The molecule has 0 saturated heterocycles. The zero-order chi connectivity index (χ0) is 13.8. The van der Waals surface area contributed by atoms with Crippen LogP contribution in [0.3, 0.4) is 0 Å². The van der Waals surface area contributed by atoms with Crippen LogP contribution in [0.5, 0.6) is 0 Å². The number of nitrogens with one attached hydrogen (secondary N) is 2. The molecule has 0 aromatic carbocycles. The summed E-state index contributed by atoms with van der Waals surface area (Å²) in [6, 6.07) is 2.53. The van der Waals surface area contributed by atoms with Gasteiger partial charge in [0.2, 0.25) is 0 Å². The van der Waals surface area contributed by atoms with Crippen LogP contribution in [0.1, 0.15) is 31.2 Å². The maximum absolute atomic E-state index is 8.53. The molecular weight excluding hydrogens is 250 g/mol. The van der Waals surface area contributed by atoms with Crippen molar-refractivity contribution >= 4 is 17.0 Å². The second kappa shape index (κ2) is 5.74. The van der Waals surface area contributed by atoms with E-state index >= 15 is 0 Å². The van der Waals surface area contributed by atoms with E-state index in [0.29, 0.717) is 12.5 Å². The summed E-state index contributed by atoms with van der Waals surface area (Å²) >= 11 is 0. The molecule has 0 bridgehead atoms. The lowest BCUT2D eigenvalue weighted by Gasteiger charge is -2.11. The molecule has 0 spiro atoms. The van der Waals surface area contributed by atoms with E-state index in [2.05, 4.69) is 20.3 Å². The Morgan fingerprint density at radius 2 is 2.30 bits per heavy atom. The minimum absolute atomic E-state index is 0.530. The summed E-state index contributed by atoms with van der Waals surface area (Å²) in [6.07, 6.45) is 12.7. The summed E-state index contributed by atoms with van der Waals surface area (Å²) in [6.45, 7) is 0. The molecule has 0 atom stereocenters.